The van der Waals surface area contributed by atoms with Gasteiger partial charge in [0.25, 0.3) is 0 Å². The summed E-state index contributed by atoms with van der Waals surface area (Å²) in [5, 5.41) is 0. The molecular weight excluding hydrogens is 322 g/mol. The fourth-order valence-electron chi connectivity index (χ4n) is 2.70. The van der Waals surface area contributed by atoms with Crippen molar-refractivity contribution in [1.29, 1.82) is 0 Å². The van der Waals surface area contributed by atoms with E-state index in [2.05, 4.69) is 67.7 Å². The Morgan fingerprint density at radius 2 is 1.50 bits per heavy atom. The highest BCUT2D eigenvalue weighted by Crippen LogP contribution is 2.18. The minimum atomic E-state index is 0.552. The number of morpholine rings is 1. The van der Waals surface area contributed by atoms with Gasteiger partial charge >= 0.3 is 0 Å². The number of pyridine rings is 2. The minimum Gasteiger partial charge on any atom is -0.378 e. The predicted molar refractivity (Wildman–Crippen MR) is 109 cm³/mol. The summed E-state index contributed by atoms with van der Waals surface area (Å²) in [6.45, 7) is 16.4. The van der Waals surface area contributed by atoms with E-state index < -0.39 is 0 Å². The van der Waals surface area contributed by atoms with Crippen LogP contribution in [0.3, 0.4) is 0 Å². The van der Waals surface area contributed by atoms with Crippen LogP contribution in [0.1, 0.15) is 61.9 Å². The van der Waals surface area contributed by atoms with Crippen molar-refractivity contribution in [1.82, 2.24) is 9.97 Å². The zero-order valence-corrected chi connectivity index (χ0v) is 17.1. The van der Waals surface area contributed by atoms with Crippen molar-refractivity contribution in [3.05, 3.63) is 53.0 Å². The number of rotatable bonds is 3. The standard InChI is InChI=1S/C12H18N2O.C10H15N/c1-10(2)11-3-4-12(13-9-11)14-5-7-15-8-6-14;1-7(2)10-5-8(3)9(4)11-6-10/h3-4,9-10H,5-8H2,1-2H3;5-7H,1-4H3. The van der Waals surface area contributed by atoms with Crippen LogP contribution in [0, 0.1) is 13.8 Å². The maximum atomic E-state index is 5.31. The summed E-state index contributed by atoms with van der Waals surface area (Å²) in [6, 6.07) is 6.50. The van der Waals surface area contributed by atoms with E-state index in [0.717, 1.165) is 37.8 Å². The predicted octanol–water partition coefficient (Wildman–Crippen LogP) is 4.86. The lowest BCUT2D eigenvalue weighted by molar-refractivity contribution is 0.122. The molecule has 142 valence electrons. The van der Waals surface area contributed by atoms with Crippen molar-refractivity contribution < 1.29 is 4.74 Å². The first-order chi connectivity index (χ1) is 12.4. The number of hydrogen-bond donors (Lipinski definition) is 0. The maximum Gasteiger partial charge on any atom is 0.128 e. The van der Waals surface area contributed by atoms with Gasteiger partial charge in [0.1, 0.15) is 5.82 Å². The molecule has 0 radical (unpaired) electrons. The number of nitrogens with zero attached hydrogens (tertiary/aromatic N) is 3. The Morgan fingerprint density at radius 1 is 0.885 bits per heavy atom. The molecule has 3 rings (SSSR count). The van der Waals surface area contributed by atoms with Crippen LogP contribution in [0.25, 0.3) is 0 Å². The Morgan fingerprint density at radius 3 is 2.00 bits per heavy atom. The van der Waals surface area contributed by atoms with Crippen LogP contribution in [0.15, 0.2) is 30.6 Å². The molecule has 0 aromatic carbocycles. The van der Waals surface area contributed by atoms with Crippen molar-refractivity contribution in [2.24, 2.45) is 0 Å². The largest absolute Gasteiger partial charge is 0.378 e. The van der Waals surface area contributed by atoms with Gasteiger partial charge in [0.05, 0.1) is 13.2 Å². The molecule has 4 heteroatoms. The first-order valence-corrected chi connectivity index (χ1v) is 9.60. The molecule has 0 atom stereocenters. The Balaban J connectivity index is 0.000000197. The third-order valence-electron chi connectivity index (χ3n) is 4.80. The molecule has 0 amide bonds. The van der Waals surface area contributed by atoms with Gasteiger partial charge < -0.3 is 9.64 Å². The van der Waals surface area contributed by atoms with Crippen LogP contribution in [-0.2, 0) is 4.74 Å². The third kappa shape index (κ3) is 5.80. The molecule has 0 N–H and O–H groups in total. The van der Waals surface area contributed by atoms with Crippen molar-refractivity contribution >= 4 is 5.82 Å². The topological polar surface area (TPSA) is 38.2 Å². The first kappa shape index (κ1) is 20.4. The smallest absolute Gasteiger partial charge is 0.128 e. The highest BCUT2D eigenvalue weighted by atomic mass is 16.5. The van der Waals surface area contributed by atoms with Gasteiger partial charge in [0.15, 0.2) is 0 Å². The Kier molecular flexibility index (Phi) is 7.58. The molecule has 4 nitrogen and oxygen atoms in total. The lowest BCUT2D eigenvalue weighted by Gasteiger charge is -2.27. The van der Waals surface area contributed by atoms with E-state index in [-0.39, 0.29) is 0 Å². The Bertz CT molecular complexity index is 674. The van der Waals surface area contributed by atoms with Gasteiger partial charge in [0, 0.05) is 31.2 Å². The SMILES string of the molecule is CC(C)c1ccc(N2CCOCC2)nc1.Cc1cc(C(C)C)cnc1C. The number of aryl methyl sites for hydroxylation is 2. The molecule has 2 aromatic rings. The molecule has 0 unspecified atom stereocenters. The van der Waals surface area contributed by atoms with Crippen LogP contribution in [-0.4, -0.2) is 36.3 Å². The number of anilines is 1. The highest BCUT2D eigenvalue weighted by molar-refractivity contribution is 5.40. The summed E-state index contributed by atoms with van der Waals surface area (Å²) in [5.41, 5.74) is 5.05. The van der Waals surface area contributed by atoms with Crippen LogP contribution in [0.2, 0.25) is 0 Å². The zero-order valence-electron chi connectivity index (χ0n) is 17.1. The first-order valence-electron chi connectivity index (χ1n) is 9.60. The molecule has 1 aliphatic rings. The molecule has 0 saturated carbocycles. The summed E-state index contributed by atoms with van der Waals surface area (Å²) in [4.78, 5) is 11.1. The number of ether oxygens (including phenoxy) is 1. The summed E-state index contributed by atoms with van der Waals surface area (Å²) >= 11 is 0. The molecule has 1 fully saturated rings. The second-order valence-electron chi connectivity index (χ2n) is 7.53. The third-order valence-corrected chi connectivity index (χ3v) is 4.80. The summed E-state index contributed by atoms with van der Waals surface area (Å²) < 4.78 is 5.31. The van der Waals surface area contributed by atoms with Gasteiger partial charge in [-0.1, -0.05) is 39.8 Å². The van der Waals surface area contributed by atoms with Gasteiger partial charge in [-0.3, -0.25) is 4.98 Å². The van der Waals surface area contributed by atoms with E-state index in [1.54, 1.807) is 0 Å². The molecule has 0 spiro atoms. The van der Waals surface area contributed by atoms with E-state index in [1.807, 2.05) is 19.3 Å². The molecule has 26 heavy (non-hydrogen) atoms. The average molecular weight is 356 g/mol. The zero-order chi connectivity index (χ0) is 19.1. The van der Waals surface area contributed by atoms with Gasteiger partial charge in [0.2, 0.25) is 0 Å². The minimum absolute atomic E-state index is 0.552. The van der Waals surface area contributed by atoms with Crippen LogP contribution >= 0.6 is 0 Å². The Labute approximate surface area is 158 Å². The van der Waals surface area contributed by atoms with Gasteiger partial charge in [-0.25, -0.2) is 4.98 Å². The number of hydrogen-bond acceptors (Lipinski definition) is 4. The van der Waals surface area contributed by atoms with E-state index in [1.165, 1.54) is 16.7 Å². The van der Waals surface area contributed by atoms with Gasteiger partial charge in [-0.05, 0) is 48.4 Å². The molecule has 0 bridgehead atoms. The average Bonchev–Trinajstić information content (AvgIpc) is 2.65. The summed E-state index contributed by atoms with van der Waals surface area (Å²) in [5.74, 6) is 2.21. The van der Waals surface area contributed by atoms with E-state index in [9.17, 15) is 0 Å². The quantitative estimate of drug-likeness (QED) is 0.788. The fourth-order valence-corrected chi connectivity index (χ4v) is 2.70. The van der Waals surface area contributed by atoms with Crippen LogP contribution in [0.4, 0.5) is 5.82 Å². The molecule has 1 saturated heterocycles. The van der Waals surface area contributed by atoms with Crippen LogP contribution in [0.5, 0.6) is 0 Å². The van der Waals surface area contributed by atoms with E-state index >= 15 is 0 Å². The maximum absolute atomic E-state index is 5.31. The molecule has 3 heterocycles. The molecular formula is C22H33N3O. The molecule has 0 aliphatic carbocycles. The van der Waals surface area contributed by atoms with E-state index in [4.69, 9.17) is 4.74 Å². The van der Waals surface area contributed by atoms with Crippen LogP contribution < -0.4 is 4.90 Å². The second-order valence-corrected chi connectivity index (χ2v) is 7.53. The van der Waals surface area contributed by atoms with Crippen molar-refractivity contribution in [3.8, 4) is 0 Å². The van der Waals surface area contributed by atoms with Crippen molar-refractivity contribution in [3.63, 3.8) is 0 Å². The lowest BCUT2D eigenvalue weighted by atomic mass is 10.0. The lowest BCUT2D eigenvalue weighted by Crippen LogP contribution is -2.36. The van der Waals surface area contributed by atoms with Crippen molar-refractivity contribution in [2.45, 2.75) is 53.4 Å². The second kappa shape index (κ2) is 9.67. The Hall–Kier alpha value is -1.94. The monoisotopic (exact) mass is 355 g/mol. The fraction of sp³-hybridized carbons (Fsp3) is 0.545. The van der Waals surface area contributed by atoms with Gasteiger partial charge in [-0.2, -0.15) is 0 Å². The van der Waals surface area contributed by atoms with Crippen molar-refractivity contribution in [2.75, 3.05) is 31.2 Å². The van der Waals surface area contributed by atoms with Gasteiger partial charge in [-0.15, -0.1) is 0 Å². The van der Waals surface area contributed by atoms with E-state index in [0.29, 0.717) is 11.8 Å². The normalized spacial score (nSPS) is 14.4. The highest BCUT2D eigenvalue weighted by Gasteiger charge is 2.12. The summed E-state index contributed by atoms with van der Waals surface area (Å²) in [6.07, 6.45) is 3.95. The number of aromatic nitrogens is 2. The summed E-state index contributed by atoms with van der Waals surface area (Å²) in [7, 11) is 0. The molecule has 2 aromatic heterocycles. The molecule has 1 aliphatic heterocycles.